The summed E-state index contributed by atoms with van der Waals surface area (Å²) in [5, 5.41) is 26.5. The molecule has 12 N–H and O–H groups in total. The number of amides is 6. The number of Topliss-reactive ketones (excluding diaryl/α,β-unsaturated/α-hetero) is 1. The average Bonchev–Trinajstić information content (AvgIpc) is 3.30. The van der Waals surface area contributed by atoms with E-state index in [4.69, 9.17) is 27.7 Å². The number of aliphatic carboxylic acids is 1. The molecular weight excluding hydrogens is 871 g/mol. The highest BCUT2D eigenvalue weighted by molar-refractivity contribution is 7.80. The van der Waals surface area contributed by atoms with Crippen LogP contribution in [0.3, 0.4) is 0 Å². The molecule has 0 heterocycles. The minimum absolute atomic E-state index is 0.0182. The third kappa shape index (κ3) is 13.5. The molecule has 0 aliphatic heterocycles. The highest BCUT2D eigenvalue weighted by Crippen LogP contribution is 2.47. The number of hydrogen-bond acceptors (Lipinski definition) is 14. The van der Waals surface area contributed by atoms with Crippen molar-refractivity contribution in [1.82, 2.24) is 15.5 Å². The second kappa shape index (κ2) is 25.5. The molecule has 0 aromatic heterocycles. The van der Waals surface area contributed by atoms with Crippen LogP contribution >= 0.6 is 12.6 Å². The van der Waals surface area contributed by atoms with Crippen LogP contribution < -0.4 is 33.6 Å². The maximum Gasteiger partial charge on any atom is 0.414 e. The number of phenols is 1. The first-order valence-electron chi connectivity index (χ1n) is 21.8. The summed E-state index contributed by atoms with van der Waals surface area (Å²) in [6.07, 6.45) is -3.14. The molecule has 0 saturated heterocycles. The molecule has 3 aromatic carbocycles. The molecule has 3 aromatic rings. The summed E-state index contributed by atoms with van der Waals surface area (Å²) in [6, 6.07) is 14.5. The van der Waals surface area contributed by atoms with E-state index in [1.165, 1.54) is 36.4 Å². The van der Waals surface area contributed by atoms with Crippen molar-refractivity contribution in [3.63, 3.8) is 0 Å². The zero-order chi connectivity index (χ0) is 49.2. The maximum atomic E-state index is 15.7. The van der Waals surface area contributed by atoms with Crippen molar-refractivity contribution in [2.45, 2.75) is 115 Å². The molecule has 0 radical (unpaired) electrons. The quantitative estimate of drug-likeness (QED) is 0.0318. The topological polar surface area (TPSA) is 318 Å². The maximum absolute atomic E-state index is 15.7. The fraction of sp³-hybridized carbons (Fsp3) is 0.447. The standard InChI is InChI=1S/C47H63N7O11S/c1-4-6-13-24-46(26-31-14-9-7-10-15-31,43(61)53-45(64)65-27-32-16-11-8-12-17-32)47(44(62)63,39(57)35(49)28-66)54(41(59)34(48)25-30-18-20-33(55)21-19-30)42(60)36(22-23-37(50)56)52-40(58)38(51)29(3)5-2/h7-12,14-21,29,34-36,38,55,66H,4-6,13,22-28,48-49,51H2,1-3H3,(H2,50,56)(H,52,58)(H,62,63)(H,53,61,64)/t29?,34?,35?,36?,38?,46?,47-/m1/s1. The summed E-state index contributed by atoms with van der Waals surface area (Å²) in [6.45, 7) is 4.88. The highest BCUT2D eigenvalue weighted by Gasteiger charge is 2.72. The highest BCUT2D eigenvalue weighted by atomic mass is 32.1. The van der Waals surface area contributed by atoms with Crippen LogP contribution in [-0.2, 0) is 57.7 Å². The summed E-state index contributed by atoms with van der Waals surface area (Å²) >= 11 is 4.22. The van der Waals surface area contributed by atoms with Gasteiger partial charge in [-0.2, -0.15) is 12.6 Å². The summed E-state index contributed by atoms with van der Waals surface area (Å²) in [5.74, 6) is -11.4. The van der Waals surface area contributed by atoms with E-state index in [0.29, 0.717) is 30.4 Å². The van der Waals surface area contributed by atoms with Gasteiger partial charge in [-0.3, -0.25) is 39.0 Å². The van der Waals surface area contributed by atoms with E-state index in [2.05, 4.69) is 23.3 Å². The number of imide groups is 2. The van der Waals surface area contributed by atoms with Crippen molar-refractivity contribution in [3.8, 4) is 5.75 Å². The number of ketones is 1. The third-order valence-corrected chi connectivity index (χ3v) is 12.0. The number of unbranched alkanes of at least 4 members (excludes halogenated alkanes) is 2. The molecule has 0 saturated carbocycles. The van der Waals surface area contributed by atoms with Gasteiger partial charge in [0.2, 0.25) is 29.2 Å². The average molecular weight is 934 g/mol. The number of carbonyl (C=O) groups excluding carboxylic acids is 7. The molecule has 0 fully saturated rings. The van der Waals surface area contributed by atoms with Gasteiger partial charge in [0.1, 0.15) is 18.4 Å². The Morgan fingerprint density at radius 3 is 1.92 bits per heavy atom. The number of aromatic hydroxyl groups is 1. The fourth-order valence-electron chi connectivity index (χ4n) is 7.72. The van der Waals surface area contributed by atoms with Crippen molar-refractivity contribution in [2.24, 2.45) is 34.3 Å². The monoisotopic (exact) mass is 933 g/mol. The number of carboxylic acids is 1. The molecule has 0 spiro atoms. The number of nitrogens with zero attached hydrogens (tertiary/aromatic N) is 1. The van der Waals surface area contributed by atoms with Gasteiger partial charge in [0.25, 0.3) is 5.91 Å². The van der Waals surface area contributed by atoms with Gasteiger partial charge in [-0.05, 0) is 60.4 Å². The number of carbonyl (C=O) groups is 8. The lowest BCUT2D eigenvalue weighted by Crippen LogP contribution is -2.80. The Kier molecular flexibility index (Phi) is 21.0. The summed E-state index contributed by atoms with van der Waals surface area (Å²) in [5.41, 5.74) is 19.3. The van der Waals surface area contributed by atoms with Crippen LogP contribution in [0.5, 0.6) is 5.75 Å². The second-order valence-corrected chi connectivity index (χ2v) is 16.7. The lowest BCUT2D eigenvalue weighted by molar-refractivity contribution is -0.186. The minimum Gasteiger partial charge on any atom is -0.508 e. The molecule has 6 amide bonds. The molecule has 19 heteroatoms. The third-order valence-electron chi connectivity index (χ3n) is 11.7. The van der Waals surface area contributed by atoms with E-state index in [-0.39, 0.29) is 29.2 Å². The van der Waals surface area contributed by atoms with Crippen LogP contribution in [0.4, 0.5) is 4.79 Å². The molecule has 0 aliphatic rings. The second-order valence-electron chi connectivity index (χ2n) is 16.4. The van der Waals surface area contributed by atoms with Gasteiger partial charge >= 0.3 is 12.1 Å². The van der Waals surface area contributed by atoms with Gasteiger partial charge in [0.15, 0.2) is 5.78 Å². The van der Waals surface area contributed by atoms with Crippen LogP contribution in [0.1, 0.15) is 82.4 Å². The van der Waals surface area contributed by atoms with Crippen LogP contribution in [-0.4, -0.2) is 98.0 Å². The molecule has 358 valence electrons. The van der Waals surface area contributed by atoms with Crippen molar-refractivity contribution in [1.29, 1.82) is 0 Å². The molecule has 7 atom stereocenters. The molecule has 0 bridgehead atoms. The molecule has 6 unspecified atom stereocenters. The van der Waals surface area contributed by atoms with Crippen molar-refractivity contribution >= 4 is 60.0 Å². The van der Waals surface area contributed by atoms with E-state index in [0.717, 1.165) is 0 Å². The Bertz CT molecular complexity index is 2150. The van der Waals surface area contributed by atoms with Crippen LogP contribution in [0, 0.1) is 11.3 Å². The molecule has 66 heavy (non-hydrogen) atoms. The molecule has 3 rings (SSSR count). The first-order chi connectivity index (χ1) is 31.3. The smallest absolute Gasteiger partial charge is 0.414 e. The largest absolute Gasteiger partial charge is 0.508 e. The fourth-order valence-corrected chi connectivity index (χ4v) is 7.89. The number of thiol groups is 1. The number of carboxylic acid groups (broad SMARTS) is 1. The first kappa shape index (κ1) is 54.2. The van der Waals surface area contributed by atoms with E-state index in [1.54, 1.807) is 62.4 Å². The lowest BCUT2D eigenvalue weighted by atomic mass is 9.58. The van der Waals surface area contributed by atoms with Gasteiger partial charge in [-0.1, -0.05) is 119 Å². The first-order valence-corrected chi connectivity index (χ1v) is 22.4. The summed E-state index contributed by atoms with van der Waals surface area (Å²) < 4.78 is 5.40. The van der Waals surface area contributed by atoms with Crippen LogP contribution in [0.2, 0.25) is 0 Å². The number of ether oxygens (including phenoxy) is 1. The van der Waals surface area contributed by atoms with E-state index >= 15 is 19.2 Å². The zero-order valence-corrected chi connectivity index (χ0v) is 38.4. The SMILES string of the molecule is CCCCCC(Cc1ccccc1)(C(=O)NC(=O)OCc1ccccc1)[C@](C(=O)O)(C(=O)C(N)CS)N(C(=O)C(N)Cc1ccc(O)cc1)C(=O)C(CCC(N)=O)NC(=O)C(N)C(C)CC. The van der Waals surface area contributed by atoms with Gasteiger partial charge in [-0.25, -0.2) is 9.59 Å². The molecular formula is C47H63N7O11S. The number of alkyl carbamates (subject to hydrolysis) is 1. The van der Waals surface area contributed by atoms with Gasteiger partial charge in [0.05, 0.1) is 23.5 Å². The minimum atomic E-state index is -3.71. The Balaban J connectivity index is 2.58. The van der Waals surface area contributed by atoms with Crippen molar-refractivity contribution in [3.05, 3.63) is 102 Å². The number of nitrogens with two attached hydrogens (primary N) is 4. The number of hydrogen-bond donors (Lipinski definition) is 9. The predicted molar refractivity (Wildman–Crippen MR) is 248 cm³/mol. The van der Waals surface area contributed by atoms with Crippen LogP contribution in [0.15, 0.2) is 84.9 Å². The van der Waals surface area contributed by atoms with Gasteiger partial charge in [0, 0.05) is 12.2 Å². The van der Waals surface area contributed by atoms with Gasteiger partial charge in [-0.15, -0.1) is 0 Å². The predicted octanol–water partition coefficient (Wildman–Crippen LogP) is 2.65. The van der Waals surface area contributed by atoms with Crippen molar-refractivity contribution in [2.75, 3.05) is 5.75 Å². The van der Waals surface area contributed by atoms with Gasteiger partial charge < -0.3 is 43.2 Å². The van der Waals surface area contributed by atoms with Crippen LogP contribution in [0.25, 0.3) is 0 Å². The summed E-state index contributed by atoms with van der Waals surface area (Å²) in [7, 11) is 0. The Morgan fingerprint density at radius 1 is 0.803 bits per heavy atom. The van der Waals surface area contributed by atoms with Crippen molar-refractivity contribution < 1.29 is 53.3 Å². The zero-order valence-electron chi connectivity index (χ0n) is 37.5. The number of phenolic OH excluding ortho intramolecular Hbond substituents is 1. The van der Waals surface area contributed by atoms with E-state index in [1.807, 2.05) is 6.92 Å². The Hall–Kier alpha value is -6.15. The van der Waals surface area contributed by atoms with E-state index in [9.17, 15) is 29.4 Å². The molecule has 18 nitrogen and oxygen atoms in total. The summed E-state index contributed by atoms with van der Waals surface area (Å²) in [4.78, 5) is 117. The normalized spacial score (nSPS) is 15.3. The number of benzene rings is 3. The number of primary amides is 1. The Morgan fingerprint density at radius 2 is 1.39 bits per heavy atom. The lowest BCUT2D eigenvalue weighted by Gasteiger charge is -2.52. The van der Waals surface area contributed by atoms with E-state index < -0.39 is 126 Å². The number of rotatable bonds is 26. The Labute approximate surface area is 389 Å². The number of nitrogens with one attached hydrogen (secondary N) is 2. The molecule has 0 aliphatic carbocycles.